The van der Waals surface area contributed by atoms with Crippen molar-refractivity contribution in [2.45, 2.75) is 91.9 Å². The highest BCUT2D eigenvalue weighted by atomic mass is 16.5. The highest BCUT2D eigenvalue weighted by Gasteiger charge is 2.23. The molecule has 2 aliphatic heterocycles. The zero-order valence-electron chi connectivity index (χ0n) is 39.9. The van der Waals surface area contributed by atoms with Crippen LogP contribution in [0, 0.1) is 27.7 Å². The summed E-state index contributed by atoms with van der Waals surface area (Å²) in [7, 11) is 7.04. The van der Waals surface area contributed by atoms with Crippen LogP contribution in [-0.2, 0) is 37.7 Å². The van der Waals surface area contributed by atoms with Gasteiger partial charge in [0.15, 0.2) is 0 Å². The number of nitrogens with zero attached hydrogens (tertiary/aromatic N) is 12. The molecule has 1 unspecified atom stereocenters. The molecule has 2 saturated heterocycles. The molecule has 66 heavy (non-hydrogen) atoms. The lowest BCUT2D eigenvalue weighted by molar-refractivity contribution is 0.0779. The van der Waals surface area contributed by atoms with Crippen LogP contribution in [-0.4, -0.2) is 88.8 Å². The fourth-order valence-corrected chi connectivity index (χ4v) is 8.28. The van der Waals surface area contributed by atoms with Gasteiger partial charge in [0.1, 0.15) is 45.4 Å². The van der Waals surface area contributed by atoms with Crippen molar-refractivity contribution >= 4 is 22.1 Å². The van der Waals surface area contributed by atoms with Crippen LogP contribution < -0.4 is 27.0 Å². The van der Waals surface area contributed by atoms with Gasteiger partial charge >= 0.3 is 0 Å². The molecule has 8 aromatic heterocycles. The van der Waals surface area contributed by atoms with Crippen molar-refractivity contribution < 1.29 is 14.2 Å². The van der Waals surface area contributed by atoms with Gasteiger partial charge in [0.25, 0.3) is 22.2 Å². The Bertz CT molecular complexity index is 3140. The molecule has 0 spiro atoms. The molecule has 1 atom stereocenters. The van der Waals surface area contributed by atoms with Crippen LogP contribution in [0.1, 0.15) is 105 Å². The van der Waals surface area contributed by atoms with E-state index in [9.17, 15) is 19.2 Å². The van der Waals surface area contributed by atoms with Crippen LogP contribution >= 0.6 is 0 Å². The second kappa shape index (κ2) is 19.9. The minimum atomic E-state index is -0.0958. The number of imidazole rings is 4. The van der Waals surface area contributed by atoms with Gasteiger partial charge in [-0.15, -0.1) is 0 Å². The Balaban J connectivity index is 0.000000131. The van der Waals surface area contributed by atoms with Gasteiger partial charge < -0.3 is 27.9 Å². The van der Waals surface area contributed by atoms with Gasteiger partial charge in [0.2, 0.25) is 5.88 Å². The Labute approximate surface area is 381 Å². The van der Waals surface area contributed by atoms with E-state index in [1.807, 2.05) is 66.4 Å². The van der Waals surface area contributed by atoms with Crippen LogP contribution in [0.3, 0.4) is 0 Å². The molecule has 0 radical (unpaired) electrons. The molecule has 10 heterocycles. The number of fused-ring (bicyclic) bond motifs is 4. The first-order valence-electron chi connectivity index (χ1n) is 22.5. The maximum Gasteiger partial charge on any atom is 0.278 e. The topological polar surface area (TPSA) is 185 Å². The van der Waals surface area contributed by atoms with E-state index in [0.717, 1.165) is 85.9 Å². The molecular formula is C47H62N12O7. The summed E-state index contributed by atoms with van der Waals surface area (Å²) in [5.74, 6) is 5.23. The fraction of sp³-hybridized carbons (Fsp3) is 0.489. The van der Waals surface area contributed by atoms with E-state index in [0.29, 0.717) is 58.9 Å². The third-order valence-electron chi connectivity index (χ3n) is 12.6. The minimum absolute atomic E-state index is 0.00507. The van der Waals surface area contributed by atoms with Gasteiger partial charge in [-0.1, -0.05) is 13.8 Å². The van der Waals surface area contributed by atoms with Gasteiger partial charge in [-0.05, 0) is 60.3 Å². The van der Waals surface area contributed by atoms with E-state index in [1.54, 1.807) is 77.3 Å². The molecule has 0 bridgehead atoms. The summed E-state index contributed by atoms with van der Waals surface area (Å²) < 4.78 is 30.2. The van der Waals surface area contributed by atoms with Crippen molar-refractivity contribution in [1.82, 2.24) is 55.8 Å². The summed E-state index contributed by atoms with van der Waals surface area (Å²) in [6.07, 6.45) is 18.4. The smallest absolute Gasteiger partial charge is 0.278 e. The van der Waals surface area contributed by atoms with Crippen LogP contribution in [0.15, 0.2) is 68.8 Å². The van der Waals surface area contributed by atoms with Gasteiger partial charge in [-0.3, -0.25) is 41.3 Å². The third kappa shape index (κ3) is 9.26. The second-order valence-corrected chi connectivity index (χ2v) is 17.3. The van der Waals surface area contributed by atoms with E-state index in [1.165, 1.54) is 4.57 Å². The van der Waals surface area contributed by atoms with Crippen molar-refractivity contribution in [3.05, 3.63) is 131 Å². The van der Waals surface area contributed by atoms with E-state index in [-0.39, 0.29) is 22.2 Å². The molecule has 0 amide bonds. The van der Waals surface area contributed by atoms with Gasteiger partial charge in [-0.2, -0.15) is 0 Å². The highest BCUT2D eigenvalue weighted by Crippen LogP contribution is 2.27. The molecule has 352 valence electrons. The van der Waals surface area contributed by atoms with Crippen LogP contribution in [0.2, 0.25) is 0 Å². The molecule has 8 aromatic rings. The summed E-state index contributed by atoms with van der Waals surface area (Å²) in [5.41, 5.74) is 5.26. The van der Waals surface area contributed by atoms with E-state index in [2.05, 4.69) is 33.8 Å². The first kappa shape index (κ1) is 47.4. The van der Waals surface area contributed by atoms with Gasteiger partial charge in [0, 0.05) is 101 Å². The molecular weight excluding hydrogens is 845 g/mol. The number of ether oxygens (including phenoxy) is 3. The van der Waals surface area contributed by atoms with Gasteiger partial charge in [-0.25, -0.2) is 19.9 Å². The van der Waals surface area contributed by atoms with E-state index >= 15 is 0 Å². The summed E-state index contributed by atoms with van der Waals surface area (Å²) in [6, 6.07) is 0. The summed E-state index contributed by atoms with van der Waals surface area (Å²) in [5, 5.41) is 0. The number of hydrogen-bond acceptors (Lipinski definition) is 11. The molecule has 0 saturated carbocycles. The summed E-state index contributed by atoms with van der Waals surface area (Å²) in [6.45, 7) is 17.3. The molecule has 10 rings (SSSR count). The number of rotatable bonds is 5. The van der Waals surface area contributed by atoms with Crippen molar-refractivity contribution in [3.63, 3.8) is 0 Å². The zero-order chi connectivity index (χ0) is 47.6. The standard InChI is InChI=1S/2C13H17N3O2.C11H15N3O.C10H13N3O2/c1-9-8-16-11(13(17)15(9)2)7-14-12(16)10-3-5-18-6-4-10;1-9-7-16-11(13(17)15(9)2)6-14-12(16)10-4-3-5-18-8-10;1-7(2)10-12-5-9-11(15)13(4)8(3)6-14(9)10;1-4-15-9-6-13-7(2)11-5-8(13)10(14)12(9)3/h7-8,10H,3-6H2,1-2H3;6-7,10H,3-5,8H2,1-2H3;5-7H,1-4H3;5-6H,4H2,1-3H3. The Morgan fingerprint density at radius 3 is 1.56 bits per heavy atom. The Kier molecular flexibility index (Phi) is 14.3. The summed E-state index contributed by atoms with van der Waals surface area (Å²) >= 11 is 0. The van der Waals surface area contributed by atoms with Crippen LogP contribution in [0.25, 0.3) is 22.1 Å². The lowest BCUT2D eigenvalue weighted by Gasteiger charge is -2.21. The maximum absolute atomic E-state index is 12.1. The van der Waals surface area contributed by atoms with E-state index in [4.69, 9.17) is 14.2 Å². The van der Waals surface area contributed by atoms with Gasteiger partial charge in [0.05, 0.1) is 44.2 Å². The molecule has 0 N–H and O–H groups in total. The molecule has 0 aliphatic carbocycles. The predicted molar refractivity (Wildman–Crippen MR) is 252 cm³/mol. The van der Waals surface area contributed by atoms with Crippen molar-refractivity contribution in [3.8, 4) is 5.88 Å². The first-order chi connectivity index (χ1) is 31.5. The van der Waals surface area contributed by atoms with Crippen LogP contribution in [0.4, 0.5) is 0 Å². The highest BCUT2D eigenvalue weighted by molar-refractivity contribution is 5.47. The Morgan fingerprint density at radius 2 is 1.05 bits per heavy atom. The van der Waals surface area contributed by atoms with Crippen molar-refractivity contribution in [1.29, 1.82) is 0 Å². The molecule has 2 aliphatic rings. The number of aromatic nitrogens is 12. The average Bonchev–Trinajstić information content (AvgIpc) is 4.13. The van der Waals surface area contributed by atoms with E-state index < -0.39 is 0 Å². The monoisotopic (exact) mass is 906 g/mol. The predicted octanol–water partition coefficient (Wildman–Crippen LogP) is 4.68. The first-order valence-corrected chi connectivity index (χ1v) is 22.5. The Hall–Kier alpha value is -6.60. The second-order valence-electron chi connectivity index (χ2n) is 17.3. The molecule has 19 nitrogen and oxygen atoms in total. The molecule has 2 fully saturated rings. The summed E-state index contributed by atoms with van der Waals surface area (Å²) in [4.78, 5) is 65.3. The van der Waals surface area contributed by atoms with Crippen molar-refractivity contribution in [2.75, 3.05) is 33.0 Å². The lowest BCUT2D eigenvalue weighted by Crippen LogP contribution is -2.23. The maximum atomic E-state index is 12.1. The quantitative estimate of drug-likeness (QED) is 0.234. The molecule has 0 aromatic carbocycles. The minimum Gasteiger partial charge on any atom is -0.478 e. The fourth-order valence-electron chi connectivity index (χ4n) is 8.28. The normalized spacial score (nSPS) is 15.4. The average molecular weight is 907 g/mol. The zero-order valence-corrected chi connectivity index (χ0v) is 39.9. The van der Waals surface area contributed by atoms with Crippen LogP contribution in [0.5, 0.6) is 5.88 Å². The SMILES string of the molecule is CCOc1cn2c(C)ncc2c(=O)n1C.Cc1cn2c(C(C)C)ncc2c(=O)n1C.Cc1cn2c(C3CCCOC3)ncc2c(=O)n1C.Cc1cn2c(C3CCOCC3)ncc2c(=O)n1C. The number of hydrogen-bond donors (Lipinski definition) is 0. The lowest BCUT2D eigenvalue weighted by atomic mass is 10.00. The molecule has 19 heteroatoms. The largest absolute Gasteiger partial charge is 0.478 e. The number of aryl methyl sites for hydroxylation is 4. The third-order valence-corrected chi connectivity index (χ3v) is 12.6. The Morgan fingerprint density at radius 1 is 0.576 bits per heavy atom. The van der Waals surface area contributed by atoms with Crippen molar-refractivity contribution in [2.24, 2.45) is 28.2 Å².